The number of hydrogen-bond donors (Lipinski definition) is 2. The van der Waals surface area contributed by atoms with Gasteiger partial charge in [0, 0.05) is 32.2 Å². The van der Waals surface area contributed by atoms with Crippen molar-refractivity contribution in [2.75, 3.05) is 39.8 Å². The van der Waals surface area contributed by atoms with Gasteiger partial charge in [-0.15, -0.1) is 0 Å². The molecule has 0 bridgehead atoms. The number of nitrogens with one attached hydrogen (secondary N) is 2. The third kappa shape index (κ3) is 8.31. The normalized spacial score (nSPS) is 16.1. The zero-order valence-corrected chi connectivity index (χ0v) is 17.8. The fourth-order valence-electron chi connectivity index (χ4n) is 3.25. The Hall–Kier alpha value is -1.59. The molecule has 1 saturated heterocycles. The second-order valence-corrected chi connectivity index (χ2v) is 7.85. The molecule has 1 fully saturated rings. The van der Waals surface area contributed by atoms with Crippen LogP contribution in [0.5, 0.6) is 0 Å². The SMILES string of the molecule is CCNC(=NCc1ccc(CN2CCCCC2)cc1)NCCN(C)C(C)C. The van der Waals surface area contributed by atoms with Crippen LogP contribution in [-0.2, 0) is 13.1 Å². The van der Waals surface area contributed by atoms with E-state index in [1.165, 1.54) is 43.5 Å². The first-order chi connectivity index (χ1) is 13.1. The Morgan fingerprint density at radius 1 is 1.07 bits per heavy atom. The molecule has 0 aliphatic carbocycles. The second kappa shape index (κ2) is 12.0. The molecule has 0 aromatic heterocycles. The Morgan fingerprint density at radius 3 is 2.37 bits per heavy atom. The van der Waals surface area contributed by atoms with E-state index in [9.17, 15) is 0 Å². The van der Waals surface area contributed by atoms with Crippen molar-refractivity contribution < 1.29 is 0 Å². The molecule has 5 nitrogen and oxygen atoms in total. The Morgan fingerprint density at radius 2 is 1.74 bits per heavy atom. The molecule has 0 unspecified atom stereocenters. The summed E-state index contributed by atoms with van der Waals surface area (Å²) < 4.78 is 0. The van der Waals surface area contributed by atoms with Gasteiger partial charge in [0.05, 0.1) is 6.54 Å². The minimum absolute atomic E-state index is 0.565. The average molecular weight is 374 g/mol. The Kier molecular flexibility index (Phi) is 9.64. The second-order valence-electron chi connectivity index (χ2n) is 7.85. The van der Waals surface area contributed by atoms with Crippen molar-refractivity contribution in [3.8, 4) is 0 Å². The van der Waals surface area contributed by atoms with Crippen LogP contribution >= 0.6 is 0 Å². The van der Waals surface area contributed by atoms with Crippen LogP contribution < -0.4 is 10.6 Å². The van der Waals surface area contributed by atoms with Crippen LogP contribution in [0, 0.1) is 0 Å². The van der Waals surface area contributed by atoms with Crippen molar-refractivity contribution in [3.63, 3.8) is 0 Å². The van der Waals surface area contributed by atoms with Crippen molar-refractivity contribution in [2.24, 2.45) is 4.99 Å². The first kappa shape index (κ1) is 21.7. The van der Waals surface area contributed by atoms with E-state index < -0.39 is 0 Å². The standard InChI is InChI=1S/C22H39N5/c1-5-23-22(24-13-16-26(4)19(2)3)25-17-20-9-11-21(12-10-20)18-27-14-7-6-8-15-27/h9-12,19H,5-8,13-18H2,1-4H3,(H2,23,24,25). The van der Waals surface area contributed by atoms with E-state index in [4.69, 9.17) is 4.99 Å². The van der Waals surface area contributed by atoms with Crippen LogP contribution in [-0.4, -0.2) is 61.6 Å². The quantitative estimate of drug-likeness (QED) is 0.516. The molecule has 0 radical (unpaired) electrons. The van der Waals surface area contributed by atoms with Crippen LogP contribution in [0.15, 0.2) is 29.3 Å². The maximum absolute atomic E-state index is 4.74. The summed E-state index contributed by atoms with van der Waals surface area (Å²) in [6.07, 6.45) is 4.09. The van der Waals surface area contributed by atoms with E-state index in [0.29, 0.717) is 12.6 Å². The maximum atomic E-state index is 4.74. The minimum Gasteiger partial charge on any atom is -0.357 e. The molecule has 2 N–H and O–H groups in total. The number of guanidine groups is 1. The summed E-state index contributed by atoms with van der Waals surface area (Å²) in [5.41, 5.74) is 2.67. The lowest BCUT2D eigenvalue weighted by molar-refractivity contribution is 0.221. The highest BCUT2D eigenvalue weighted by atomic mass is 15.2. The predicted molar refractivity (Wildman–Crippen MR) is 116 cm³/mol. The summed E-state index contributed by atoms with van der Waals surface area (Å²) in [5, 5.41) is 6.77. The first-order valence-electron chi connectivity index (χ1n) is 10.6. The lowest BCUT2D eigenvalue weighted by atomic mass is 10.1. The molecule has 1 aliphatic rings. The fraction of sp³-hybridized carbons (Fsp3) is 0.682. The van der Waals surface area contributed by atoms with Gasteiger partial charge < -0.3 is 15.5 Å². The molecule has 5 heteroatoms. The topological polar surface area (TPSA) is 42.9 Å². The molecule has 1 aromatic carbocycles. The van der Waals surface area contributed by atoms with Crippen molar-refractivity contribution in [3.05, 3.63) is 35.4 Å². The smallest absolute Gasteiger partial charge is 0.191 e. The summed E-state index contributed by atoms with van der Waals surface area (Å²) in [4.78, 5) is 9.63. The number of piperidine rings is 1. The molecular weight excluding hydrogens is 334 g/mol. The summed E-state index contributed by atoms with van der Waals surface area (Å²) in [5.74, 6) is 0.895. The van der Waals surface area contributed by atoms with E-state index >= 15 is 0 Å². The zero-order chi connectivity index (χ0) is 19.5. The van der Waals surface area contributed by atoms with Gasteiger partial charge in [0.25, 0.3) is 0 Å². The molecule has 0 amide bonds. The van der Waals surface area contributed by atoms with Crippen LogP contribution in [0.25, 0.3) is 0 Å². The average Bonchev–Trinajstić information content (AvgIpc) is 2.68. The van der Waals surface area contributed by atoms with E-state index in [1.807, 2.05) is 0 Å². The van der Waals surface area contributed by atoms with Crippen LogP contribution in [0.2, 0.25) is 0 Å². The van der Waals surface area contributed by atoms with Gasteiger partial charge in [-0.05, 0) is 64.9 Å². The number of aliphatic imine (C=N–C) groups is 1. The molecule has 2 rings (SSSR count). The van der Waals surface area contributed by atoms with Crippen molar-refractivity contribution >= 4 is 5.96 Å². The Labute approximate surface area is 166 Å². The van der Waals surface area contributed by atoms with Crippen molar-refractivity contribution in [2.45, 2.75) is 59.2 Å². The molecule has 1 aromatic rings. The number of benzene rings is 1. The van der Waals surface area contributed by atoms with Crippen LogP contribution in [0.3, 0.4) is 0 Å². The molecule has 27 heavy (non-hydrogen) atoms. The number of hydrogen-bond acceptors (Lipinski definition) is 3. The number of likely N-dealkylation sites (N-methyl/N-ethyl adjacent to an activating group) is 1. The number of likely N-dealkylation sites (tertiary alicyclic amines) is 1. The van der Waals surface area contributed by atoms with E-state index in [-0.39, 0.29) is 0 Å². The molecule has 0 atom stereocenters. The van der Waals surface area contributed by atoms with Gasteiger partial charge in [-0.2, -0.15) is 0 Å². The van der Waals surface area contributed by atoms with Gasteiger partial charge in [-0.25, -0.2) is 4.99 Å². The monoisotopic (exact) mass is 373 g/mol. The third-order valence-electron chi connectivity index (χ3n) is 5.28. The summed E-state index contributed by atoms with van der Waals surface area (Å²) in [6, 6.07) is 9.53. The van der Waals surface area contributed by atoms with Crippen LogP contribution in [0.1, 0.15) is 51.2 Å². The summed E-state index contributed by atoms with van der Waals surface area (Å²) >= 11 is 0. The minimum atomic E-state index is 0.565. The van der Waals surface area contributed by atoms with Gasteiger partial charge in [0.15, 0.2) is 5.96 Å². The molecular formula is C22H39N5. The Bertz CT molecular complexity index is 546. The van der Waals surface area contributed by atoms with E-state index in [1.54, 1.807) is 0 Å². The van der Waals surface area contributed by atoms with Crippen molar-refractivity contribution in [1.82, 2.24) is 20.4 Å². The van der Waals surface area contributed by atoms with Gasteiger partial charge in [0.2, 0.25) is 0 Å². The molecule has 1 aliphatic heterocycles. The summed E-state index contributed by atoms with van der Waals surface area (Å²) in [6.45, 7) is 13.6. The van der Waals surface area contributed by atoms with Gasteiger partial charge in [0.1, 0.15) is 0 Å². The van der Waals surface area contributed by atoms with Gasteiger partial charge in [-0.3, -0.25) is 4.90 Å². The van der Waals surface area contributed by atoms with Gasteiger partial charge >= 0.3 is 0 Å². The molecule has 152 valence electrons. The molecule has 0 saturated carbocycles. The number of nitrogens with zero attached hydrogens (tertiary/aromatic N) is 3. The largest absolute Gasteiger partial charge is 0.357 e. The lowest BCUT2D eigenvalue weighted by Gasteiger charge is -2.26. The zero-order valence-electron chi connectivity index (χ0n) is 17.8. The molecule has 1 heterocycles. The van der Waals surface area contributed by atoms with E-state index in [0.717, 1.165) is 32.1 Å². The first-order valence-corrected chi connectivity index (χ1v) is 10.6. The lowest BCUT2D eigenvalue weighted by Crippen LogP contribution is -2.42. The number of rotatable bonds is 9. The third-order valence-corrected chi connectivity index (χ3v) is 5.28. The van der Waals surface area contributed by atoms with Crippen LogP contribution in [0.4, 0.5) is 0 Å². The maximum Gasteiger partial charge on any atom is 0.191 e. The van der Waals surface area contributed by atoms with Gasteiger partial charge in [-0.1, -0.05) is 30.7 Å². The highest BCUT2D eigenvalue weighted by Crippen LogP contribution is 2.14. The highest BCUT2D eigenvalue weighted by molar-refractivity contribution is 5.79. The molecule has 0 spiro atoms. The Balaban J connectivity index is 1.81. The highest BCUT2D eigenvalue weighted by Gasteiger charge is 2.10. The van der Waals surface area contributed by atoms with Crippen molar-refractivity contribution in [1.29, 1.82) is 0 Å². The predicted octanol–water partition coefficient (Wildman–Crippen LogP) is 3.07. The summed E-state index contributed by atoms with van der Waals surface area (Å²) in [7, 11) is 2.15. The fourth-order valence-corrected chi connectivity index (χ4v) is 3.25. The van der Waals surface area contributed by atoms with E-state index in [2.05, 4.69) is 72.5 Å².